The molecule has 2 unspecified atom stereocenters. The summed E-state index contributed by atoms with van der Waals surface area (Å²) in [5.41, 5.74) is 0. The maximum Gasteiger partial charge on any atom is 0.324 e. The molecule has 0 aromatic heterocycles. The van der Waals surface area contributed by atoms with E-state index in [1.165, 1.54) is 6.07 Å². The summed E-state index contributed by atoms with van der Waals surface area (Å²) in [7, 11) is -4.20. The van der Waals surface area contributed by atoms with Crippen LogP contribution in [0.2, 0.25) is 0 Å². The summed E-state index contributed by atoms with van der Waals surface area (Å²) >= 11 is 0. The molecule has 1 rings (SSSR count). The highest BCUT2D eigenvalue weighted by molar-refractivity contribution is 7.89. The second-order valence-corrected chi connectivity index (χ2v) is 5.35. The van der Waals surface area contributed by atoms with Gasteiger partial charge in [0.2, 0.25) is 10.0 Å². The van der Waals surface area contributed by atoms with Crippen molar-refractivity contribution in [1.82, 2.24) is 4.72 Å². The number of hydrogen-bond donors (Lipinski definition) is 3. The molecule has 0 spiro atoms. The van der Waals surface area contributed by atoms with Crippen LogP contribution < -0.4 is 4.72 Å². The molecule has 0 bridgehead atoms. The van der Waals surface area contributed by atoms with E-state index in [0.29, 0.717) is 0 Å². The Balaban J connectivity index is 3.05. The van der Waals surface area contributed by atoms with Crippen molar-refractivity contribution in [3.63, 3.8) is 0 Å². The Morgan fingerprint density at radius 3 is 2.50 bits per heavy atom. The highest BCUT2D eigenvalue weighted by Gasteiger charge is 2.29. The third kappa shape index (κ3) is 3.49. The van der Waals surface area contributed by atoms with Crippen molar-refractivity contribution in [2.24, 2.45) is 0 Å². The number of carbonyl (C=O) groups is 1. The number of hydrogen-bond acceptors (Lipinski definition) is 4. The van der Waals surface area contributed by atoms with Crippen LogP contribution in [0.1, 0.15) is 6.92 Å². The molecule has 8 heteroatoms. The average molecular weight is 277 g/mol. The van der Waals surface area contributed by atoms with E-state index in [0.717, 1.165) is 25.1 Å². The van der Waals surface area contributed by atoms with Crippen molar-refractivity contribution in [2.75, 3.05) is 0 Å². The molecule has 0 radical (unpaired) electrons. The summed E-state index contributed by atoms with van der Waals surface area (Å²) in [5.74, 6) is -2.29. The minimum Gasteiger partial charge on any atom is -0.480 e. The van der Waals surface area contributed by atoms with E-state index >= 15 is 0 Å². The van der Waals surface area contributed by atoms with Gasteiger partial charge in [-0.1, -0.05) is 6.07 Å². The van der Waals surface area contributed by atoms with Gasteiger partial charge >= 0.3 is 5.97 Å². The molecule has 0 aliphatic heterocycles. The number of sulfonamides is 1. The van der Waals surface area contributed by atoms with Gasteiger partial charge in [-0.3, -0.25) is 4.79 Å². The Hall–Kier alpha value is -1.51. The molecule has 6 nitrogen and oxygen atoms in total. The van der Waals surface area contributed by atoms with Crippen LogP contribution in [0.3, 0.4) is 0 Å². The number of rotatable bonds is 5. The van der Waals surface area contributed by atoms with Gasteiger partial charge in [-0.2, -0.15) is 4.72 Å². The number of nitrogens with one attached hydrogen (secondary N) is 1. The van der Waals surface area contributed by atoms with E-state index in [1.807, 2.05) is 0 Å². The number of benzene rings is 1. The summed E-state index contributed by atoms with van der Waals surface area (Å²) < 4.78 is 38.2. The van der Waals surface area contributed by atoms with Crippen molar-refractivity contribution in [2.45, 2.75) is 24.0 Å². The molecule has 0 amide bonds. The van der Waals surface area contributed by atoms with Crippen molar-refractivity contribution < 1.29 is 27.8 Å². The number of carboxylic acid groups (broad SMARTS) is 1. The van der Waals surface area contributed by atoms with Crippen LogP contribution in [0.4, 0.5) is 4.39 Å². The Morgan fingerprint density at radius 1 is 1.44 bits per heavy atom. The molecule has 0 aliphatic carbocycles. The lowest BCUT2D eigenvalue weighted by molar-refractivity contribution is -0.141. The largest absolute Gasteiger partial charge is 0.480 e. The minimum absolute atomic E-state index is 0.408. The molecule has 3 N–H and O–H groups in total. The predicted octanol–water partition coefficient (Wildman–Crippen LogP) is -0.0620. The van der Waals surface area contributed by atoms with Crippen LogP contribution in [-0.2, 0) is 14.8 Å². The summed E-state index contributed by atoms with van der Waals surface area (Å²) in [6.45, 7) is 1.13. The molecule has 1 aromatic carbocycles. The SMILES string of the molecule is CC(O)C(NS(=O)(=O)c1cccc(F)c1)C(=O)O. The van der Waals surface area contributed by atoms with Gasteiger partial charge < -0.3 is 10.2 Å². The maximum absolute atomic E-state index is 12.9. The Bertz CT molecular complexity index is 543. The Morgan fingerprint density at radius 2 is 2.06 bits per heavy atom. The molecule has 1 aromatic rings. The van der Waals surface area contributed by atoms with Crippen molar-refractivity contribution in [1.29, 1.82) is 0 Å². The standard InChI is InChI=1S/C10H12FNO5S/c1-6(13)9(10(14)15)12-18(16,17)8-4-2-3-7(11)5-8/h2-6,9,12-13H,1H3,(H,14,15). The lowest BCUT2D eigenvalue weighted by Crippen LogP contribution is -2.47. The molecular formula is C10H12FNO5S. The minimum atomic E-state index is -4.20. The lowest BCUT2D eigenvalue weighted by atomic mass is 10.2. The topological polar surface area (TPSA) is 104 Å². The van der Waals surface area contributed by atoms with E-state index in [9.17, 15) is 17.6 Å². The zero-order chi connectivity index (χ0) is 13.9. The van der Waals surface area contributed by atoms with Gasteiger partial charge in [0.05, 0.1) is 11.0 Å². The van der Waals surface area contributed by atoms with E-state index in [-0.39, 0.29) is 0 Å². The van der Waals surface area contributed by atoms with Gasteiger partial charge in [0, 0.05) is 0 Å². The van der Waals surface area contributed by atoms with E-state index in [1.54, 1.807) is 4.72 Å². The monoisotopic (exact) mass is 277 g/mol. The predicted molar refractivity (Wildman–Crippen MR) is 59.8 cm³/mol. The molecule has 0 saturated carbocycles. The lowest BCUT2D eigenvalue weighted by Gasteiger charge is -2.17. The highest BCUT2D eigenvalue weighted by atomic mass is 32.2. The smallest absolute Gasteiger partial charge is 0.324 e. The normalized spacial score (nSPS) is 15.1. The molecule has 0 saturated heterocycles. The number of halogens is 1. The Kier molecular flexibility index (Phi) is 4.38. The number of aliphatic hydroxyl groups is 1. The first-order chi connectivity index (χ1) is 8.24. The van der Waals surface area contributed by atoms with Crippen LogP contribution in [0.15, 0.2) is 29.2 Å². The molecule has 18 heavy (non-hydrogen) atoms. The van der Waals surface area contributed by atoms with E-state index in [4.69, 9.17) is 10.2 Å². The molecule has 0 heterocycles. The molecular weight excluding hydrogens is 265 g/mol. The molecule has 100 valence electrons. The second-order valence-electron chi connectivity index (χ2n) is 3.64. The zero-order valence-corrected chi connectivity index (χ0v) is 10.2. The molecule has 0 aliphatic rings. The first-order valence-electron chi connectivity index (χ1n) is 4.93. The van der Waals surface area contributed by atoms with Gasteiger partial charge in [-0.15, -0.1) is 0 Å². The fraction of sp³-hybridized carbons (Fsp3) is 0.300. The Labute approximate surface area is 103 Å². The van der Waals surface area contributed by atoms with Gasteiger partial charge in [0.15, 0.2) is 0 Å². The van der Waals surface area contributed by atoms with Crippen LogP contribution in [0, 0.1) is 5.82 Å². The van der Waals surface area contributed by atoms with Gasteiger partial charge in [0.25, 0.3) is 0 Å². The second kappa shape index (κ2) is 5.42. The summed E-state index contributed by atoms with van der Waals surface area (Å²) in [6, 6.07) is 2.42. The fourth-order valence-electron chi connectivity index (χ4n) is 1.22. The van der Waals surface area contributed by atoms with Gasteiger partial charge in [-0.05, 0) is 25.1 Å². The summed E-state index contributed by atoms with van der Waals surface area (Å²) in [5, 5.41) is 17.9. The van der Waals surface area contributed by atoms with Crippen LogP contribution in [0.25, 0.3) is 0 Å². The van der Waals surface area contributed by atoms with Crippen LogP contribution in [0.5, 0.6) is 0 Å². The number of carboxylic acids is 1. The molecule has 0 fully saturated rings. The summed E-state index contributed by atoms with van der Waals surface area (Å²) in [4.78, 5) is 10.3. The third-order valence-electron chi connectivity index (χ3n) is 2.14. The van der Waals surface area contributed by atoms with Crippen molar-refractivity contribution >= 4 is 16.0 Å². The van der Waals surface area contributed by atoms with Gasteiger partial charge in [-0.25, -0.2) is 12.8 Å². The highest BCUT2D eigenvalue weighted by Crippen LogP contribution is 2.11. The van der Waals surface area contributed by atoms with Gasteiger partial charge in [0.1, 0.15) is 11.9 Å². The van der Waals surface area contributed by atoms with Crippen LogP contribution >= 0.6 is 0 Å². The van der Waals surface area contributed by atoms with E-state index < -0.39 is 38.9 Å². The maximum atomic E-state index is 12.9. The van der Waals surface area contributed by atoms with E-state index in [2.05, 4.69) is 0 Å². The first kappa shape index (κ1) is 14.6. The summed E-state index contributed by atoms with van der Waals surface area (Å²) in [6.07, 6.45) is -1.43. The average Bonchev–Trinajstić information content (AvgIpc) is 2.25. The quantitative estimate of drug-likeness (QED) is 0.699. The first-order valence-corrected chi connectivity index (χ1v) is 6.41. The third-order valence-corrected chi connectivity index (χ3v) is 3.58. The fourth-order valence-corrected chi connectivity index (χ4v) is 2.52. The van der Waals surface area contributed by atoms with Crippen LogP contribution in [-0.4, -0.2) is 36.7 Å². The van der Waals surface area contributed by atoms with Crippen molar-refractivity contribution in [3.8, 4) is 0 Å². The van der Waals surface area contributed by atoms with Crippen molar-refractivity contribution in [3.05, 3.63) is 30.1 Å². The zero-order valence-electron chi connectivity index (χ0n) is 9.37. The number of aliphatic carboxylic acids is 1. The number of aliphatic hydroxyl groups excluding tert-OH is 1. The molecule has 2 atom stereocenters.